The molecule has 0 atom stereocenters. The monoisotopic (exact) mass is 215 g/mol. The summed E-state index contributed by atoms with van der Waals surface area (Å²) in [5.74, 6) is 0.873. The standard InChI is InChI=1S/C12H13N3O/c1-14-12(16)15-7-6-9-4-2-3-5-10(9)8-11(15)13-14/h2-5H,6-8H2,1H3. The van der Waals surface area contributed by atoms with Crippen LogP contribution in [0.5, 0.6) is 0 Å². The number of benzene rings is 1. The lowest BCUT2D eigenvalue weighted by molar-refractivity contribution is 0.641. The first-order valence-corrected chi connectivity index (χ1v) is 5.45. The van der Waals surface area contributed by atoms with Gasteiger partial charge in [0.1, 0.15) is 5.82 Å². The van der Waals surface area contributed by atoms with Gasteiger partial charge >= 0.3 is 5.69 Å². The molecule has 1 aromatic carbocycles. The van der Waals surface area contributed by atoms with Crippen LogP contribution in [0, 0.1) is 0 Å². The zero-order valence-electron chi connectivity index (χ0n) is 9.18. The van der Waals surface area contributed by atoms with Crippen molar-refractivity contribution in [1.29, 1.82) is 0 Å². The molecule has 0 bridgehead atoms. The second kappa shape index (κ2) is 3.33. The van der Waals surface area contributed by atoms with E-state index in [9.17, 15) is 4.79 Å². The fourth-order valence-corrected chi connectivity index (χ4v) is 2.29. The van der Waals surface area contributed by atoms with Crippen molar-refractivity contribution in [3.63, 3.8) is 0 Å². The molecule has 4 heteroatoms. The average Bonchev–Trinajstić information content (AvgIpc) is 2.49. The summed E-state index contributed by atoms with van der Waals surface area (Å²) < 4.78 is 3.20. The minimum atomic E-state index is -0.0113. The molecule has 3 rings (SSSR count). The third kappa shape index (κ3) is 1.30. The highest BCUT2D eigenvalue weighted by Crippen LogP contribution is 2.17. The number of aryl methyl sites for hydroxylation is 2. The van der Waals surface area contributed by atoms with E-state index in [1.165, 1.54) is 15.8 Å². The summed E-state index contributed by atoms with van der Waals surface area (Å²) in [6.45, 7) is 0.735. The second-order valence-electron chi connectivity index (χ2n) is 4.17. The number of nitrogens with zero attached hydrogens (tertiary/aromatic N) is 3. The maximum absolute atomic E-state index is 11.8. The van der Waals surface area contributed by atoms with E-state index in [1.807, 2.05) is 12.1 Å². The normalized spacial score (nSPS) is 14.1. The van der Waals surface area contributed by atoms with E-state index in [0.29, 0.717) is 0 Å². The fraction of sp³-hybridized carbons (Fsp3) is 0.333. The van der Waals surface area contributed by atoms with Crippen molar-refractivity contribution in [3.05, 3.63) is 51.7 Å². The fourth-order valence-electron chi connectivity index (χ4n) is 2.29. The molecule has 2 aromatic rings. The molecule has 1 aliphatic rings. The molecule has 4 nitrogen and oxygen atoms in total. The molecule has 0 saturated carbocycles. The maximum atomic E-state index is 11.8. The van der Waals surface area contributed by atoms with Crippen molar-refractivity contribution in [2.24, 2.45) is 7.05 Å². The predicted molar refractivity (Wildman–Crippen MR) is 60.4 cm³/mol. The van der Waals surface area contributed by atoms with Crippen LogP contribution in [-0.2, 0) is 26.4 Å². The molecule has 0 fully saturated rings. The second-order valence-corrected chi connectivity index (χ2v) is 4.17. The Kier molecular flexibility index (Phi) is 1.96. The Hall–Kier alpha value is -1.84. The van der Waals surface area contributed by atoms with E-state index in [1.54, 1.807) is 11.6 Å². The highest BCUT2D eigenvalue weighted by Gasteiger charge is 2.16. The van der Waals surface area contributed by atoms with Crippen LogP contribution in [0.25, 0.3) is 0 Å². The number of rotatable bonds is 0. The van der Waals surface area contributed by atoms with E-state index in [0.717, 1.165) is 25.2 Å². The molecule has 0 amide bonds. The Morgan fingerprint density at radius 2 is 2.00 bits per heavy atom. The van der Waals surface area contributed by atoms with Gasteiger partial charge in [0, 0.05) is 20.0 Å². The lowest BCUT2D eigenvalue weighted by Gasteiger charge is -2.02. The van der Waals surface area contributed by atoms with Crippen LogP contribution in [0.1, 0.15) is 17.0 Å². The van der Waals surface area contributed by atoms with Gasteiger partial charge in [-0.3, -0.25) is 4.57 Å². The summed E-state index contributed by atoms with van der Waals surface area (Å²) in [6, 6.07) is 8.33. The van der Waals surface area contributed by atoms with Gasteiger partial charge in [-0.25, -0.2) is 9.48 Å². The Labute approximate surface area is 93.1 Å². The third-order valence-corrected chi connectivity index (χ3v) is 3.16. The number of hydrogen-bond acceptors (Lipinski definition) is 2. The molecular formula is C12H13N3O. The third-order valence-electron chi connectivity index (χ3n) is 3.16. The number of aromatic nitrogens is 3. The van der Waals surface area contributed by atoms with Crippen LogP contribution in [0.3, 0.4) is 0 Å². The van der Waals surface area contributed by atoms with Crippen molar-refractivity contribution in [3.8, 4) is 0 Å². The largest absolute Gasteiger partial charge is 0.345 e. The first-order chi connectivity index (χ1) is 7.75. The predicted octanol–water partition coefficient (Wildman–Crippen LogP) is 0.729. The van der Waals surface area contributed by atoms with Gasteiger partial charge in [0.2, 0.25) is 0 Å². The summed E-state index contributed by atoms with van der Waals surface area (Å²) >= 11 is 0. The van der Waals surface area contributed by atoms with Crippen LogP contribution in [0.2, 0.25) is 0 Å². The molecule has 1 aliphatic heterocycles. The molecule has 1 aromatic heterocycles. The first-order valence-electron chi connectivity index (χ1n) is 5.45. The lowest BCUT2D eigenvalue weighted by atomic mass is 10.0. The smallest absolute Gasteiger partial charge is 0.278 e. The van der Waals surface area contributed by atoms with Gasteiger partial charge in [0.05, 0.1) is 0 Å². The Morgan fingerprint density at radius 3 is 2.81 bits per heavy atom. The van der Waals surface area contributed by atoms with E-state index in [2.05, 4.69) is 17.2 Å². The van der Waals surface area contributed by atoms with Crippen LogP contribution in [0.4, 0.5) is 0 Å². The van der Waals surface area contributed by atoms with Crippen molar-refractivity contribution in [1.82, 2.24) is 14.3 Å². The molecule has 0 unspecified atom stereocenters. The van der Waals surface area contributed by atoms with Crippen molar-refractivity contribution >= 4 is 0 Å². The van der Waals surface area contributed by atoms with Gasteiger partial charge in [-0.05, 0) is 17.5 Å². The van der Waals surface area contributed by atoms with Gasteiger partial charge in [0.25, 0.3) is 0 Å². The zero-order valence-corrected chi connectivity index (χ0v) is 9.18. The minimum Gasteiger partial charge on any atom is -0.278 e. The topological polar surface area (TPSA) is 39.8 Å². The molecule has 82 valence electrons. The molecule has 0 radical (unpaired) electrons. The van der Waals surface area contributed by atoms with Crippen molar-refractivity contribution in [2.45, 2.75) is 19.4 Å². The summed E-state index contributed by atoms with van der Waals surface area (Å²) in [6.07, 6.45) is 1.67. The van der Waals surface area contributed by atoms with Gasteiger partial charge in [0.15, 0.2) is 0 Å². The molecule has 0 aliphatic carbocycles. The minimum absolute atomic E-state index is 0.0113. The van der Waals surface area contributed by atoms with E-state index in [-0.39, 0.29) is 5.69 Å². The number of hydrogen-bond donors (Lipinski definition) is 0. The van der Waals surface area contributed by atoms with Crippen LogP contribution in [0.15, 0.2) is 29.1 Å². The van der Waals surface area contributed by atoms with Crippen LogP contribution < -0.4 is 5.69 Å². The first kappa shape index (κ1) is 9.39. The quantitative estimate of drug-likeness (QED) is 0.650. The highest BCUT2D eigenvalue weighted by molar-refractivity contribution is 5.31. The summed E-state index contributed by atoms with van der Waals surface area (Å²) in [7, 11) is 1.70. The van der Waals surface area contributed by atoms with Crippen molar-refractivity contribution in [2.75, 3.05) is 0 Å². The molecule has 0 N–H and O–H groups in total. The van der Waals surface area contributed by atoms with Gasteiger partial charge in [-0.2, -0.15) is 5.10 Å². The van der Waals surface area contributed by atoms with Gasteiger partial charge in [-0.1, -0.05) is 24.3 Å². The lowest BCUT2D eigenvalue weighted by Crippen LogP contribution is -2.23. The van der Waals surface area contributed by atoms with E-state index < -0.39 is 0 Å². The molecule has 0 spiro atoms. The summed E-state index contributed by atoms with van der Waals surface area (Å²) in [5.41, 5.74) is 2.60. The summed E-state index contributed by atoms with van der Waals surface area (Å²) in [5, 5.41) is 4.28. The molecule has 0 saturated heterocycles. The highest BCUT2D eigenvalue weighted by atomic mass is 16.2. The van der Waals surface area contributed by atoms with Gasteiger partial charge < -0.3 is 0 Å². The van der Waals surface area contributed by atoms with E-state index in [4.69, 9.17) is 0 Å². The molecule has 2 heterocycles. The SMILES string of the molecule is Cn1nc2n(c1=O)CCc1ccccc1C2. The Morgan fingerprint density at radius 1 is 1.25 bits per heavy atom. The van der Waals surface area contributed by atoms with Crippen LogP contribution >= 0.6 is 0 Å². The number of fused-ring (bicyclic) bond motifs is 2. The maximum Gasteiger partial charge on any atom is 0.345 e. The summed E-state index contributed by atoms with van der Waals surface area (Å²) in [4.78, 5) is 11.8. The Balaban J connectivity index is 2.15. The molecule has 16 heavy (non-hydrogen) atoms. The van der Waals surface area contributed by atoms with Gasteiger partial charge in [-0.15, -0.1) is 0 Å². The Bertz CT molecular complexity index is 595. The van der Waals surface area contributed by atoms with Crippen molar-refractivity contribution < 1.29 is 0 Å². The zero-order chi connectivity index (χ0) is 11.1. The van der Waals surface area contributed by atoms with E-state index >= 15 is 0 Å². The average molecular weight is 215 g/mol. The molecular weight excluding hydrogens is 202 g/mol. The van der Waals surface area contributed by atoms with Crippen LogP contribution in [-0.4, -0.2) is 14.3 Å².